The lowest BCUT2D eigenvalue weighted by Crippen LogP contribution is -2.56. The fourth-order valence-electron chi connectivity index (χ4n) is 4.01. The summed E-state index contributed by atoms with van der Waals surface area (Å²) in [4.78, 5) is 39.7. The molecule has 29 heavy (non-hydrogen) atoms. The van der Waals surface area contributed by atoms with Crippen LogP contribution >= 0.6 is 0 Å². The molecule has 1 unspecified atom stereocenters. The Hall–Kier alpha value is -2.48. The number of rotatable bonds is 5. The highest BCUT2D eigenvalue weighted by Gasteiger charge is 2.28. The first-order valence-electron chi connectivity index (χ1n) is 10.3. The number of piperazine rings is 1. The standard InChI is InChI=1S/C21H29FN4O3/c1-14(20(28)24-21(29)23-17-5-3-4-6-17)25-9-11-26(12-10-25)19-8-7-16(15(2)27)13-18(19)22/h7-8,13-14,17H,3-6,9-12H2,1-2H3,(H2,23,24,28,29). The van der Waals surface area contributed by atoms with Crippen LogP contribution in [-0.4, -0.2) is 60.9 Å². The highest BCUT2D eigenvalue weighted by molar-refractivity contribution is 5.97. The minimum Gasteiger partial charge on any atom is -0.367 e. The van der Waals surface area contributed by atoms with Crippen LogP contribution in [0.3, 0.4) is 0 Å². The molecular formula is C21H29FN4O3. The molecule has 0 spiro atoms. The predicted molar refractivity (Wildman–Crippen MR) is 109 cm³/mol. The van der Waals surface area contributed by atoms with Gasteiger partial charge in [0, 0.05) is 37.8 Å². The average Bonchev–Trinajstić information content (AvgIpc) is 3.20. The van der Waals surface area contributed by atoms with Gasteiger partial charge in [-0.3, -0.25) is 19.8 Å². The van der Waals surface area contributed by atoms with Gasteiger partial charge in [0.2, 0.25) is 5.91 Å². The SMILES string of the molecule is CC(=O)c1ccc(N2CCN(C(C)C(=O)NC(=O)NC3CCCC3)CC2)c(F)c1. The number of nitrogens with zero attached hydrogens (tertiary/aromatic N) is 2. The van der Waals surface area contributed by atoms with E-state index in [0.29, 0.717) is 37.4 Å². The van der Waals surface area contributed by atoms with Gasteiger partial charge in [0.25, 0.3) is 0 Å². The minimum atomic E-state index is -0.448. The number of imide groups is 1. The molecule has 0 aromatic heterocycles. The lowest BCUT2D eigenvalue weighted by molar-refractivity contribution is -0.124. The number of carbonyl (C=O) groups is 3. The summed E-state index contributed by atoms with van der Waals surface area (Å²) in [6, 6.07) is 3.81. The molecule has 1 heterocycles. The second-order valence-electron chi connectivity index (χ2n) is 7.87. The first-order valence-corrected chi connectivity index (χ1v) is 10.3. The Morgan fingerprint density at radius 2 is 1.76 bits per heavy atom. The van der Waals surface area contributed by atoms with Crippen LogP contribution in [0.25, 0.3) is 0 Å². The zero-order chi connectivity index (χ0) is 21.0. The first kappa shape index (κ1) is 21.2. The fraction of sp³-hybridized carbons (Fsp3) is 0.571. The van der Waals surface area contributed by atoms with Crippen molar-refractivity contribution in [1.29, 1.82) is 0 Å². The summed E-state index contributed by atoms with van der Waals surface area (Å²) in [6.45, 7) is 5.45. The van der Waals surface area contributed by atoms with E-state index in [1.807, 2.05) is 9.80 Å². The van der Waals surface area contributed by atoms with Gasteiger partial charge in [-0.15, -0.1) is 0 Å². The van der Waals surface area contributed by atoms with Gasteiger partial charge in [-0.1, -0.05) is 12.8 Å². The summed E-state index contributed by atoms with van der Waals surface area (Å²) in [5.41, 5.74) is 0.814. The number of urea groups is 1. The van der Waals surface area contributed by atoms with Crippen LogP contribution in [-0.2, 0) is 4.79 Å². The molecule has 158 valence electrons. The molecule has 8 heteroatoms. The molecule has 7 nitrogen and oxygen atoms in total. The second kappa shape index (κ2) is 9.35. The first-order chi connectivity index (χ1) is 13.8. The lowest BCUT2D eigenvalue weighted by Gasteiger charge is -2.38. The van der Waals surface area contributed by atoms with Crippen LogP contribution in [0, 0.1) is 5.82 Å². The molecular weight excluding hydrogens is 375 g/mol. The molecule has 3 amide bonds. The molecule has 3 rings (SSSR count). The zero-order valence-electron chi connectivity index (χ0n) is 17.0. The molecule has 1 aliphatic carbocycles. The Labute approximate surface area is 170 Å². The summed E-state index contributed by atoms with van der Waals surface area (Å²) >= 11 is 0. The third-order valence-corrected chi connectivity index (χ3v) is 5.86. The van der Waals surface area contributed by atoms with E-state index in [1.54, 1.807) is 19.1 Å². The summed E-state index contributed by atoms with van der Waals surface area (Å²) in [7, 11) is 0. The van der Waals surface area contributed by atoms with Crippen LogP contribution in [0.1, 0.15) is 49.9 Å². The maximum Gasteiger partial charge on any atom is 0.321 e. The molecule has 0 bridgehead atoms. The third kappa shape index (κ3) is 5.32. The van der Waals surface area contributed by atoms with Gasteiger partial charge in [0.05, 0.1) is 11.7 Å². The molecule has 1 atom stereocenters. The molecule has 1 aliphatic heterocycles. The van der Waals surface area contributed by atoms with Crippen molar-refractivity contribution in [2.24, 2.45) is 0 Å². The predicted octanol–water partition coefficient (Wildman–Crippen LogP) is 2.31. The van der Waals surface area contributed by atoms with E-state index in [1.165, 1.54) is 13.0 Å². The van der Waals surface area contributed by atoms with E-state index in [2.05, 4.69) is 10.6 Å². The molecule has 2 aliphatic rings. The van der Waals surface area contributed by atoms with E-state index >= 15 is 0 Å². The van der Waals surface area contributed by atoms with Crippen molar-refractivity contribution in [3.05, 3.63) is 29.6 Å². The van der Waals surface area contributed by atoms with Crippen molar-refractivity contribution in [1.82, 2.24) is 15.5 Å². The van der Waals surface area contributed by atoms with E-state index in [4.69, 9.17) is 0 Å². The third-order valence-electron chi connectivity index (χ3n) is 5.86. The number of anilines is 1. The number of hydrogen-bond donors (Lipinski definition) is 2. The number of carbonyl (C=O) groups excluding carboxylic acids is 3. The van der Waals surface area contributed by atoms with Crippen LogP contribution in [0.4, 0.5) is 14.9 Å². The van der Waals surface area contributed by atoms with Crippen LogP contribution in [0.2, 0.25) is 0 Å². The number of hydrogen-bond acceptors (Lipinski definition) is 5. The maximum absolute atomic E-state index is 14.4. The van der Waals surface area contributed by atoms with Crippen molar-refractivity contribution in [3.63, 3.8) is 0 Å². The Morgan fingerprint density at radius 3 is 2.34 bits per heavy atom. The largest absolute Gasteiger partial charge is 0.367 e. The van der Waals surface area contributed by atoms with Crippen molar-refractivity contribution < 1.29 is 18.8 Å². The molecule has 1 aromatic carbocycles. The topological polar surface area (TPSA) is 81.8 Å². The van der Waals surface area contributed by atoms with E-state index in [-0.39, 0.29) is 17.7 Å². The molecule has 2 fully saturated rings. The number of benzene rings is 1. The van der Waals surface area contributed by atoms with Crippen molar-refractivity contribution in [2.75, 3.05) is 31.1 Å². The Balaban J connectivity index is 1.49. The van der Waals surface area contributed by atoms with Gasteiger partial charge in [-0.25, -0.2) is 9.18 Å². The number of nitrogens with one attached hydrogen (secondary N) is 2. The summed E-state index contributed by atoms with van der Waals surface area (Å²) in [5, 5.41) is 5.29. The highest BCUT2D eigenvalue weighted by Crippen LogP contribution is 2.23. The maximum atomic E-state index is 14.4. The molecule has 0 radical (unpaired) electrons. The summed E-state index contributed by atoms with van der Waals surface area (Å²) in [5.74, 6) is -0.913. The monoisotopic (exact) mass is 404 g/mol. The van der Waals surface area contributed by atoms with Gasteiger partial charge >= 0.3 is 6.03 Å². The van der Waals surface area contributed by atoms with Gasteiger partial charge in [0.15, 0.2) is 5.78 Å². The van der Waals surface area contributed by atoms with Crippen molar-refractivity contribution >= 4 is 23.4 Å². The number of amides is 3. The molecule has 2 N–H and O–H groups in total. The average molecular weight is 404 g/mol. The number of halogens is 1. The number of Topliss-reactive ketones (excluding diaryl/α,β-unsaturated/α-hetero) is 1. The Morgan fingerprint density at radius 1 is 1.10 bits per heavy atom. The smallest absolute Gasteiger partial charge is 0.321 e. The van der Waals surface area contributed by atoms with E-state index in [9.17, 15) is 18.8 Å². The Kier molecular flexibility index (Phi) is 6.84. The summed E-state index contributed by atoms with van der Waals surface area (Å²) in [6.07, 6.45) is 4.14. The number of ketones is 1. The fourth-order valence-corrected chi connectivity index (χ4v) is 4.01. The molecule has 1 aromatic rings. The van der Waals surface area contributed by atoms with Crippen LogP contribution < -0.4 is 15.5 Å². The quantitative estimate of drug-likeness (QED) is 0.736. The van der Waals surface area contributed by atoms with Crippen molar-refractivity contribution in [3.8, 4) is 0 Å². The molecule has 1 saturated heterocycles. The Bertz CT molecular complexity index is 771. The lowest BCUT2D eigenvalue weighted by atomic mass is 10.1. The second-order valence-corrected chi connectivity index (χ2v) is 7.87. The van der Waals surface area contributed by atoms with E-state index in [0.717, 1.165) is 25.7 Å². The summed E-state index contributed by atoms with van der Waals surface area (Å²) < 4.78 is 14.4. The van der Waals surface area contributed by atoms with Crippen LogP contribution in [0.15, 0.2) is 18.2 Å². The van der Waals surface area contributed by atoms with E-state index < -0.39 is 17.9 Å². The molecule has 1 saturated carbocycles. The van der Waals surface area contributed by atoms with Gasteiger partial charge in [-0.2, -0.15) is 0 Å². The van der Waals surface area contributed by atoms with Crippen LogP contribution in [0.5, 0.6) is 0 Å². The van der Waals surface area contributed by atoms with Gasteiger partial charge in [0.1, 0.15) is 5.82 Å². The highest BCUT2D eigenvalue weighted by atomic mass is 19.1. The van der Waals surface area contributed by atoms with Gasteiger partial charge in [-0.05, 0) is 44.9 Å². The van der Waals surface area contributed by atoms with Gasteiger partial charge < -0.3 is 10.2 Å². The van der Waals surface area contributed by atoms with Crippen molar-refractivity contribution in [2.45, 2.75) is 51.6 Å². The zero-order valence-corrected chi connectivity index (χ0v) is 17.0. The minimum absolute atomic E-state index is 0.158. The normalized spacial score (nSPS) is 19.1.